The molecule has 0 aliphatic heterocycles. The molecule has 0 heterocycles. The van der Waals surface area contributed by atoms with Crippen LogP contribution in [-0.4, -0.2) is 17.9 Å². The van der Waals surface area contributed by atoms with Gasteiger partial charge < -0.3 is 5.32 Å². The van der Waals surface area contributed by atoms with E-state index in [-0.39, 0.29) is 0 Å². The van der Waals surface area contributed by atoms with Gasteiger partial charge >= 0.3 is 0 Å². The van der Waals surface area contributed by atoms with E-state index in [4.69, 9.17) is 0 Å². The molecule has 1 nitrogen and oxygen atoms in total. The summed E-state index contributed by atoms with van der Waals surface area (Å²) in [6, 6.07) is 11.2. The Morgan fingerprint density at radius 3 is 2.64 bits per heavy atom. The number of hydrogen-bond donors (Lipinski definition) is 1. The second-order valence-electron chi connectivity index (χ2n) is 3.57. The number of halogens is 1. The molecule has 1 rings (SSSR count). The lowest BCUT2D eigenvalue weighted by Gasteiger charge is -2.11. The molecule has 78 valence electrons. The first-order valence-corrected chi connectivity index (χ1v) is 6.28. The van der Waals surface area contributed by atoms with Crippen molar-refractivity contribution in [2.45, 2.75) is 25.8 Å². The predicted molar refractivity (Wildman–Crippen MR) is 66.0 cm³/mol. The highest BCUT2D eigenvalue weighted by atomic mass is 79.9. The van der Waals surface area contributed by atoms with Crippen molar-refractivity contribution in [3.63, 3.8) is 0 Å². The Hall–Kier alpha value is -0.340. The minimum Gasteiger partial charge on any atom is -0.314 e. The molecule has 1 unspecified atom stereocenters. The number of nitrogens with one attached hydrogen (secondary N) is 1. The van der Waals surface area contributed by atoms with E-state index in [9.17, 15) is 0 Å². The largest absolute Gasteiger partial charge is 0.314 e. The van der Waals surface area contributed by atoms with Gasteiger partial charge in [-0.25, -0.2) is 0 Å². The normalized spacial score (nSPS) is 12.7. The molecule has 0 aliphatic rings. The minimum absolute atomic E-state index is 0.609. The fourth-order valence-electron chi connectivity index (χ4n) is 1.37. The van der Waals surface area contributed by atoms with Crippen LogP contribution in [0, 0.1) is 0 Å². The Morgan fingerprint density at radius 2 is 2.00 bits per heavy atom. The summed E-state index contributed by atoms with van der Waals surface area (Å²) in [5.74, 6) is 0. The third-order valence-electron chi connectivity index (χ3n) is 2.29. The van der Waals surface area contributed by atoms with Crippen molar-refractivity contribution in [3.8, 4) is 0 Å². The van der Waals surface area contributed by atoms with Gasteiger partial charge in [0.05, 0.1) is 0 Å². The predicted octanol–water partition coefficient (Wildman–Crippen LogP) is 2.99. The van der Waals surface area contributed by atoms with Crippen LogP contribution in [0.5, 0.6) is 0 Å². The zero-order valence-corrected chi connectivity index (χ0v) is 10.3. The topological polar surface area (TPSA) is 12.0 Å². The highest BCUT2D eigenvalue weighted by Crippen LogP contribution is 1.99. The SMILES string of the molecule is CC(CCBr)NCCc1ccccc1. The first-order valence-electron chi connectivity index (χ1n) is 5.16. The molecule has 1 N–H and O–H groups in total. The second-order valence-corrected chi connectivity index (χ2v) is 4.36. The summed E-state index contributed by atoms with van der Waals surface area (Å²) in [4.78, 5) is 0. The molecule has 0 radical (unpaired) electrons. The first kappa shape index (κ1) is 11.7. The fraction of sp³-hybridized carbons (Fsp3) is 0.500. The maximum Gasteiger partial charge on any atom is 0.00468 e. The molecule has 1 aromatic carbocycles. The van der Waals surface area contributed by atoms with Crippen LogP contribution in [0.3, 0.4) is 0 Å². The van der Waals surface area contributed by atoms with Crippen LogP contribution in [0.1, 0.15) is 18.9 Å². The lowest BCUT2D eigenvalue weighted by molar-refractivity contribution is 0.542. The van der Waals surface area contributed by atoms with E-state index in [0.717, 1.165) is 18.3 Å². The van der Waals surface area contributed by atoms with Gasteiger partial charge in [0.25, 0.3) is 0 Å². The highest BCUT2D eigenvalue weighted by Gasteiger charge is 1.98. The summed E-state index contributed by atoms with van der Waals surface area (Å²) in [6.45, 7) is 3.30. The fourth-order valence-corrected chi connectivity index (χ4v) is 2.06. The summed E-state index contributed by atoms with van der Waals surface area (Å²) >= 11 is 3.45. The smallest absolute Gasteiger partial charge is 0.00468 e. The standard InChI is InChI=1S/C12H18BrN/c1-11(7-9-13)14-10-8-12-5-3-2-4-6-12/h2-6,11,14H,7-10H2,1H3. The lowest BCUT2D eigenvalue weighted by Crippen LogP contribution is -2.28. The molecule has 1 aromatic rings. The van der Waals surface area contributed by atoms with Crippen molar-refractivity contribution in [3.05, 3.63) is 35.9 Å². The maximum atomic E-state index is 3.50. The lowest BCUT2D eigenvalue weighted by atomic mass is 10.1. The van der Waals surface area contributed by atoms with Crippen LogP contribution < -0.4 is 5.32 Å². The number of hydrogen-bond acceptors (Lipinski definition) is 1. The molecule has 2 heteroatoms. The molecule has 0 bridgehead atoms. The van der Waals surface area contributed by atoms with Gasteiger partial charge in [0.1, 0.15) is 0 Å². The van der Waals surface area contributed by atoms with E-state index in [2.05, 4.69) is 58.5 Å². The summed E-state index contributed by atoms with van der Waals surface area (Å²) < 4.78 is 0. The monoisotopic (exact) mass is 255 g/mol. The van der Waals surface area contributed by atoms with Gasteiger partial charge in [-0.05, 0) is 31.9 Å². The van der Waals surface area contributed by atoms with Crippen molar-refractivity contribution in [1.29, 1.82) is 0 Å². The van der Waals surface area contributed by atoms with E-state index in [1.54, 1.807) is 0 Å². The quantitative estimate of drug-likeness (QED) is 0.771. The van der Waals surface area contributed by atoms with Crippen LogP contribution in [0.4, 0.5) is 0 Å². The van der Waals surface area contributed by atoms with Crippen molar-refractivity contribution in [2.75, 3.05) is 11.9 Å². The summed E-state index contributed by atoms with van der Waals surface area (Å²) in [6.07, 6.45) is 2.31. The minimum atomic E-state index is 0.609. The van der Waals surface area contributed by atoms with Gasteiger partial charge in [0.2, 0.25) is 0 Å². The van der Waals surface area contributed by atoms with Gasteiger partial charge in [-0.15, -0.1) is 0 Å². The Labute approximate surface area is 95.0 Å². The van der Waals surface area contributed by atoms with Crippen LogP contribution in [0.2, 0.25) is 0 Å². The highest BCUT2D eigenvalue weighted by molar-refractivity contribution is 9.09. The molecule has 0 aliphatic carbocycles. The number of benzene rings is 1. The third kappa shape index (κ3) is 4.77. The van der Waals surface area contributed by atoms with Crippen molar-refractivity contribution < 1.29 is 0 Å². The molecule has 0 aromatic heterocycles. The number of alkyl halides is 1. The summed E-state index contributed by atoms with van der Waals surface area (Å²) in [7, 11) is 0. The average molecular weight is 256 g/mol. The first-order chi connectivity index (χ1) is 6.83. The molecule has 0 spiro atoms. The Kier molecular flexibility index (Phi) is 5.88. The zero-order chi connectivity index (χ0) is 10.2. The molecule has 1 atom stereocenters. The van der Waals surface area contributed by atoms with Gasteiger partial charge in [0, 0.05) is 11.4 Å². The van der Waals surface area contributed by atoms with Crippen molar-refractivity contribution >= 4 is 15.9 Å². The number of rotatable bonds is 6. The van der Waals surface area contributed by atoms with E-state index in [0.29, 0.717) is 6.04 Å². The van der Waals surface area contributed by atoms with Crippen LogP contribution in [0.15, 0.2) is 30.3 Å². The molecule has 0 fully saturated rings. The zero-order valence-electron chi connectivity index (χ0n) is 8.67. The molecule has 0 amide bonds. The summed E-state index contributed by atoms with van der Waals surface area (Å²) in [5.41, 5.74) is 1.41. The van der Waals surface area contributed by atoms with Gasteiger partial charge in [0.15, 0.2) is 0 Å². The van der Waals surface area contributed by atoms with E-state index >= 15 is 0 Å². The van der Waals surface area contributed by atoms with Crippen LogP contribution in [-0.2, 0) is 6.42 Å². The molecule has 0 saturated carbocycles. The Morgan fingerprint density at radius 1 is 1.29 bits per heavy atom. The average Bonchev–Trinajstić information content (AvgIpc) is 2.20. The molecule has 0 saturated heterocycles. The van der Waals surface area contributed by atoms with Gasteiger partial charge in [-0.1, -0.05) is 46.3 Å². The van der Waals surface area contributed by atoms with E-state index in [1.807, 2.05) is 0 Å². The van der Waals surface area contributed by atoms with E-state index < -0.39 is 0 Å². The molecule has 14 heavy (non-hydrogen) atoms. The van der Waals surface area contributed by atoms with Crippen molar-refractivity contribution in [1.82, 2.24) is 5.32 Å². The Balaban J connectivity index is 2.16. The van der Waals surface area contributed by atoms with E-state index in [1.165, 1.54) is 12.0 Å². The summed E-state index contributed by atoms with van der Waals surface area (Å²) in [5, 5.41) is 4.58. The molecular weight excluding hydrogens is 238 g/mol. The van der Waals surface area contributed by atoms with Crippen LogP contribution >= 0.6 is 15.9 Å². The molecular formula is C12H18BrN. The van der Waals surface area contributed by atoms with Crippen molar-refractivity contribution in [2.24, 2.45) is 0 Å². The van der Waals surface area contributed by atoms with Gasteiger partial charge in [-0.2, -0.15) is 0 Å². The second kappa shape index (κ2) is 7.02. The van der Waals surface area contributed by atoms with Crippen LogP contribution in [0.25, 0.3) is 0 Å². The maximum absolute atomic E-state index is 3.50. The third-order valence-corrected chi connectivity index (χ3v) is 2.75. The van der Waals surface area contributed by atoms with Gasteiger partial charge in [-0.3, -0.25) is 0 Å². The Bertz CT molecular complexity index is 235.